The zero-order valence-corrected chi connectivity index (χ0v) is 16.6. The van der Waals surface area contributed by atoms with Crippen molar-refractivity contribution in [1.82, 2.24) is 0 Å². The van der Waals surface area contributed by atoms with Crippen LogP contribution in [0.25, 0.3) is 0 Å². The lowest BCUT2D eigenvalue weighted by Gasteiger charge is -2.00. The topological polar surface area (TPSA) is 52.6 Å². The number of carbonyl (C=O) groups is 2. The minimum Gasteiger partial charge on any atom is -0.427 e. The highest BCUT2D eigenvalue weighted by molar-refractivity contribution is 5.69. The van der Waals surface area contributed by atoms with Crippen LogP contribution in [0.15, 0.2) is 72.8 Å². The maximum Gasteiger partial charge on any atom is 0.308 e. The maximum atomic E-state index is 11.0. The van der Waals surface area contributed by atoms with Crippen LogP contribution in [-0.4, -0.2) is 11.9 Å². The number of carbonyl (C=O) groups excluding carboxylic acids is 2. The van der Waals surface area contributed by atoms with Crippen LogP contribution in [0.4, 0.5) is 0 Å². The van der Waals surface area contributed by atoms with Crippen LogP contribution in [0, 0.1) is 23.7 Å². The molecule has 0 saturated heterocycles. The summed E-state index contributed by atoms with van der Waals surface area (Å²) in [4.78, 5) is 21.9. The van der Waals surface area contributed by atoms with Gasteiger partial charge < -0.3 is 9.47 Å². The standard InChI is InChI=1S/C26H18O4/c1-19(27)29-25-14-10-21(11-15-25)6-8-23-4-3-5-24(18-23)9-7-22-12-16-26(17-13-22)30-20(2)28/h3-5,10-18H,1-2H3. The Morgan fingerprint density at radius 3 is 1.30 bits per heavy atom. The fourth-order valence-electron chi connectivity index (χ4n) is 2.51. The van der Waals surface area contributed by atoms with Gasteiger partial charge in [0.15, 0.2) is 0 Å². The molecule has 3 aromatic rings. The van der Waals surface area contributed by atoms with Crippen LogP contribution in [-0.2, 0) is 9.59 Å². The molecule has 0 amide bonds. The molecule has 0 radical (unpaired) electrons. The van der Waals surface area contributed by atoms with Crippen LogP contribution in [0.1, 0.15) is 36.1 Å². The SMILES string of the molecule is CC(=O)Oc1ccc(C#Cc2cccc(C#Cc3ccc(OC(C)=O)cc3)c2)cc1. The normalized spacial score (nSPS) is 9.40. The highest BCUT2D eigenvalue weighted by Gasteiger charge is 1.98. The van der Waals surface area contributed by atoms with Gasteiger partial charge in [-0.2, -0.15) is 0 Å². The van der Waals surface area contributed by atoms with E-state index >= 15 is 0 Å². The second kappa shape index (κ2) is 9.78. The van der Waals surface area contributed by atoms with Crippen LogP contribution >= 0.6 is 0 Å². The molecule has 4 nitrogen and oxygen atoms in total. The monoisotopic (exact) mass is 394 g/mol. The first-order valence-corrected chi connectivity index (χ1v) is 9.19. The second-order valence-electron chi connectivity index (χ2n) is 6.32. The zero-order chi connectivity index (χ0) is 21.3. The van der Waals surface area contributed by atoms with E-state index in [1.165, 1.54) is 13.8 Å². The molecule has 0 fully saturated rings. The minimum atomic E-state index is -0.355. The molecular weight excluding hydrogens is 376 g/mol. The third-order valence-corrected chi connectivity index (χ3v) is 3.80. The predicted molar refractivity (Wildman–Crippen MR) is 114 cm³/mol. The molecule has 0 saturated carbocycles. The van der Waals surface area contributed by atoms with Crippen LogP contribution in [0.2, 0.25) is 0 Å². The largest absolute Gasteiger partial charge is 0.427 e. The molecule has 30 heavy (non-hydrogen) atoms. The van der Waals surface area contributed by atoms with Gasteiger partial charge in [-0.25, -0.2) is 0 Å². The van der Waals surface area contributed by atoms with E-state index in [1.54, 1.807) is 48.5 Å². The van der Waals surface area contributed by atoms with Gasteiger partial charge in [-0.05, 0) is 66.7 Å². The van der Waals surface area contributed by atoms with Crippen molar-refractivity contribution < 1.29 is 19.1 Å². The molecule has 3 aromatic carbocycles. The summed E-state index contributed by atoms with van der Waals surface area (Å²) in [6.45, 7) is 2.73. The summed E-state index contributed by atoms with van der Waals surface area (Å²) < 4.78 is 10.0. The Bertz CT molecular complexity index is 1090. The van der Waals surface area contributed by atoms with Gasteiger partial charge in [0.25, 0.3) is 0 Å². The van der Waals surface area contributed by atoms with Gasteiger partial charge in [-0.15, -0.1) is 0 Å². The summed E-state index contributed by atoms with van der Waals surface area (Å²) in [5, 5.41) is 0. The van der Waals surface area contributed by atoms with E-state index in [0.29, 0.717) is 11.5 Å². The van der Waals surface area contributed by atoms with E-state index in [-0.39, 0.29) is 11.9 Å². The molecule has 0 atom stereocenters. The molecule has 0 spiro atoms. The molecule has 0 unspecified atom stereocenters. The van der Waals surface area contributed by atoms with Crippen LogP contribution in [0.5, 0.6) is 11.5 Å². The molecule has 3 rings (SSSR count). The molecule has 4 heteroatoms. The summed E-state index contributed by atoms with van der Waals surface area (Å²) in [6.07, 6.45) is 0. The fraction of sp³-hybridized carbons (Fsp3) is 0.0769. The van der Waals surface area contributed by atoms with Gasteiger partial charge in [0.05, 0.1) is 0 Å². The van der Waals surface area contributed by atoms with Gasteiger partial charge >= 0.3 is 11.9 Å². The highest BCUT2D eigenvalue weighted by atomic mass is 16.5. The van der Waals surface area contributed by atoms with Crippen LogP contribution in [0.3, 0.4) is 0 Å². The van der Waals surface area contributed by atoms with E-state index in [0.717, 1.165) is 22.3 Å². The van der Waals surface area contributed by atoms with E-state index < -0.39 is 0 Å². The highest BCUT2D eigenvalue weighted by Crippen LogP contribution is 2.13. The summed E-state index contributed by atoms with van der Waals surface area (Å²) in [6, 6.07) is 21.7. The lowest BCUT2D eigenvalue weighted by atomic mass is 10.1. The van der Waals surface area contributed by atoms with E-state index in [9.17, 15) is 9.59 Å². The third kappa shape index (κ3) is 6.41. The van der Waals surface area contributed by atoms with Gasteiger partial charge in [-0.1, -0.05) is 29.7 Å². The minimum absolute atomic E-state index is 0.355. The van der Waals surface area contributed by atoms with Crippen molar-refractivity contribution in [3.05, 3.63) is 95.1 Å². The number of benzene rings is 3. The Hall–Kier alpha value is -4.28. The Kier molecular flexibility index (Phi) is 6.66. The lowest BCUT2D eigenvalue weighted by Crippen LogP contribution is -2.00. The first-order valence-electron chi connectivity index (χ1n) is 9.19. The molecule has 146 valence electrons. The first-order chi connectivity index (χ1) is 14.5. The number of hydrogen-bond donors (Lipinski definition) is 0. The second-order valence-corrected chi connectivity index (χ2v) is 6.32. The first kappa shape index (κ1) is 20.5. The Morgan fingerprint density at radius 2 is 0.933 bits per heavy atom. The smallest absolute Gasteiger partial charge is 0.308 e. The van der Waals surface area contributed by atoms with Crippen molar-refractivity contribution in [2.45, 2.75) is 13.8 Å². The molecule has 0 aliphatic rings. The average Bonchev–Trinajstić information content (AvgIpc) is 2.72. The molecule has 0 bridgehead atoms. The van der Waals surface area contributed by atoms with Gasteiger partial charge in [0.1, 0.15) is 11.5 Å². The van der Waals surface area contributed by atoms with Crippen molar-refractivity contribution in [3.63, 3.8) is 0 Å². The van der Waals surface area contributed by atoms with Crippen molar-refractivity contribution in [1.29, 1.82) is 0 Å². The quantitative estimate of drug-likeness (QED) is 0.369. The number of rotatable bonds is 2. The Labute approximate surface area is 175 Å². The summed E-state index contributed by atoms with van der Waals surface area (Å²) in [5.41, 5.74) is 3.32. The number of esters is 2. The summed E-state index contributed by atoms with van der Waals surface area (Å²) in [5.74, 6) is 12.7. The zero-order valence-electron chi connectivity index (χ0n) is 16.6. The Morgan fingerprint density at radius 1 is 0.567 bits per heavy atom. The molecule has 0 aliphatic carbocycles. The van der Waals surface area contributed by atoms with Gasteiger partial charge in [-0.3, -0.25) is 9.59 Å². The molecule has 0 N–H and O–H groups in total. The van der Waals surface area contributed by atoms with Crippen molar-refractivity contribution in [2.75, 3.05) is 0 Å². The van der Waals surface area contributed by atoms with Crippen molar-refractivity contribution >= 4 is 11.9 Å². The van der Waals surface area contributed by atoms with Crippen molar-refractivity contribution in [2.24, 2.45) is 0 Å². The number of hydrogen-bond acceptors (Lipinski definition) is 4. The average molecular weight is 394 g/mol. The molecule has 0 aromatic heterocycles. The summed E-state index contributed by atoms with van der Waals surface area (Å²) in [7, 11) is 0. The Balaban J connectivity index is 1.70. The maximum absolute atomic E-state index is 11.0. The molecule has 0 heterocycles. The van der Waals surface area contributed by atoms with E-state index in [4.69, 9.17) is 9.47 Å². The molecule has 0 aliphatic heterocycles. The number of ether oxygens (including phenoxy) is 2. The van der Waals surface area contributed by atoms with Crippen LogP contribution < -0.4 is 9.47 Å². The summed E-state index contributed by atoms with van der Waals surface area (Å²) >= 11 is 0. The van der Waals surface area contributed by atoms with E-state index in [2.05, 4.69) is 23.7 Å². The van der Waals surface area contributed by atoms with Gasteiger partial charge in [0, 0.05) is 36.1 Å². The van der Waals surface area contributed by atoms with Gasteiger partial charge in [0.2, 0.25) is 0 Å². The van der Waals surface area contributed by atoms with E-state index in [1.807, 2.05) is 24.3 Å². The molecular formula is C26H18O4. The lowest BCUT2D eigenvalue weighted by molar-refractivity contribution is -0.132. The fourth-order valence-corrected chi connectivity index (χ4v) is 2.51. The predicted octanol–water partition coefficient (Wildman–Crippen LogP) is 4.34. The van der Waals surface area contributed by atoms with Crippen molar-refractivity contribution in [3.8, 4) is 35.2 Å². The third-order valence-electron chi connectivity index (χ3n) is 3.80.